The third-order valence-electron chi connectivity index (χ3n) is 3.23. The van der Waals surface area contributed by atoms with Crippen molar-refractivity contribution in [2.24, 2.45) is 5.92 Å². The predicted molar refractivity (Wildman–Crippen MR) is 57.0 cm³/mol. The number of amides is 3. The van der Waals surface area contributed by atoms with Gasteiger partial charge >= 0.3 is 6.03 Å². The molecule has 6 heteroatoms. The van der Waals surface area contributed by atoms with Crippen LogP contribution in [0.5, 0.6) is 0 Å². The van der Waals surface area contributed by atoms with Crippen molar-refractivity contribution in [1.29, 1.82) is 0 Å². The molecule has 0 radical (unpaired) electrons. The minimum atomic E-state index is -0.932. The van der Waals surface area contributed by atoms with Crippen LogP contribution in [0.1, 0.15) is 19.3 Å². The fourth-order valence-corrected chi connectivity index (χ4v) is 2.57. The van der Waals surface area contributed by atoms with E-state index in [1.807, 2.05) is 0 Å². The van der Waals surface area contributed by atoms with Crippen LogP contribution in [0, 0.1) is 5.92 Å². The van der Waals surface area contributed by atoms with Crippen molar-refractivity contribution in [3.05, 3.63) is 0 Å². The van der Waals surface area contributed by atoms with Crippen LogP contribution in [0.2, 0.25) is 0 Å². The quantitative estimate of drug-likeness (QED) is 0.749. The molecule has 3 atom stereocenters. The lowest BCUT2D eigenvalue weighted by Crippen LogP contribution is -2.61. The SMILES string of the molecule is O=C1NC2CCC(F)CC2C(=O)N1CCCl. The fraction of sp³-hybridized carbons (Fsp3) is 0.800. The van der Waals surface area contributed by atoms with Crippen LogP contribution in [0.25, 0.3) is 0 Å². The van der Waals surface area contributed by atoms with Gasteiger partial charge in [-0.25, -0.2) is 9.18 Å². The highest BCUT2D eigenvalue weighted by Crippen LogP contribution is 2.31. The monoisotopic (exact) mass is 248 g/mol. The van der Waals surface area contributed by atoms with E-state index in [4.69, 9.17) is 11.6 Å². The van der Waals surface area contributed by atoms with E-state index in [0.29, 0.717) is 12.8 Å². The average Bonchev–Trinajstić information content (AvgIpc) is 2.26. The van der Waals surface area contributed by atoms with E-state index in [-0.39, 0.29) is 30.8 Å². The minimum Gasteiger partial charge on any atom is -0.334 e. The van der Waals surface area contributed by atoms with E-state index < -0.39 is 18.1 Å². The summed E-state index contributed by atoms with van der Waals surface area (Å²) < 4.78 is 13.2. The second-order valence-electron chi connectivity index (χ2n) is 4.25. The number of hydrogen-bond donors (Lipinski definition) is 1. The van der Waals surface area contributed by atoms with Crippen molar-refractivity contribution in [3.8, 4) is 0 Å². The molecule has 0 aromatic heterocycles. The van der Waals surface area contributed by atoms with Gasteiger partial charge in [0.1, 0.15) is 6.17 Å². The molecular weight excluding hydrogens is 235 g/mol. The van der Waals surface area contributed by atoms with Crippen LogP contribution >= 0.6 is 11.6 Å². The molecule has 0 aromatic carbocycles. The summed E-state index contributed by atoms with van der Waals surface area (Å²) in [5.41, 5.74) is 0. The van der Waals surface area contributed by atoms with E-state index in [0.717, 1.165) is 4.90 Å². The molecule has 0 bridgehead atoms. The van der Waals surface area contributed by atoms with E-state index in [1.165, 1.54) is 0 Å². The molecule has 1 N–H and O–H groups in total. The first-order valence-electron chi connectivity index (χ1n) is 5.45. The lowest BCUT2D eigenvalue weighted by molar-refractivity contribution is -0.137. The average molecular weight is 249 g/mol. The summed E-state index contributed by atoms with van der Waals surface area (Å²) in [7, 11) is 0. The van der Waals surface area contributed by atoms with Crippen LogP contribution in [0.15, 0.2) is 0 Å². The molecule has 1 heterocycles. The molecule has 2 rings (SSSR count). The van der Waals surface area contributed by atoms with Gasteiger partial charge in [-0.1, -0.05) is 0 Å². The van der Waals surface area contributed by atoms with Crippen molar-refractivity contribution < 1.29 is 14.0 Å². The highest BCUT2D eigenvalue weighted by molar-refractivity contribution is 6.18. The fourth-order valence-electron chi connectivity index (χ4n) is 2.40. The summed E-state index contributed by atoms with van der Waals surface area (Å²) in [6, 6.07) is -0.595. The topological polar surface area (TPSA) is 49.4 Å². The lowest BCUT2D eigenvalue weighted by Gasteiger charge is -2.40. The summed E-state index contributed by atoms with van der Waals surface area (Å²) in [4.78, 5) is 24.6. The number of halogens is 2. The molecule has 1 aliphatic carbocycles. The molecular formula is C10H14ClFN2O2. The first-order chi connectivity index (χ1) is 7.63. The number of carbonyl (C=O) groups is 2. The zero-order valence-electron chi connectivity index (χ0n) is 8.79. The molecule has 90 valence electrons. The number of nitrogens with zero attached hydrogens (tertiary/aromatic N) is 1. The van der Waals surface area contributed by atoms with Gasteiger partial charge in [-0.05, 0) is 19.3 Å². The number of urea groups is 1. The highest BCUT2D eigenvalue weighted by atomic mass is 35.5. The normalized spacial score (nSPS) is 34.6. The zero-order chi connectivity index (χ0) is 11.7. The number of imide groups is 1. The van der Waals surface area contributed by atoms with Crippen molar-refractivity contribution in [2.45, 2.75) is 31.5 Å². The van der Waals surface area contributed by atoms with Gasteiger partial charge in [-0.3, -0.25) is 9.69 Å². The summed E-state index contributed by atoms with van der Waals surface area (Å²) in [6.45, 7) is 0.187. The van der Waals surface area contributed by atoms with Crippen LogP contribution in [-0.4, -0.2) is 41.5 Å². The molecule has 1 saturated heterocycles. The maximum absolute atomic E-state index is 13.2. The maximum Gasteiger partial charge on any atom is 0.324 e. The predicted octanol–water partition coefficient (Wildman–Crippen LogP) is 1.28. The van der Waals surface area contributed by atoms with Crippen molar-refractivity contribution in [1.82, 2.24) is 10.2 Å². The Labute approximate surface area is 98.1 Å². The second kappa shape index (κ2) is 4.57. The van der Waals surface area contributed by atoms with E-state index >= 15 is 0 Å². The van der Waals surface area contributed by atoms with Crippen LogP contribution in [0.3, 0.4) is 0 Å². The number of alkyl halides is 2. The lowest BCUT2D eigenvalue weighted by atomic mass is 9.81. The van der Waals surface area contributed by atoms with Crippen molar-refractivity contribution >= 4 is 23.5 Å². The van der Waals surface area contributed by atoms with E-state index in [2.05, 4.69) is 5.32 Å². The number of nitrogens with one attached hydrogen (secondary N) is 1. The van der Waals surface area contributed by atoms with Gasteiger partial charge in [-0.2, -0.15) is 0 Å². The molecule has 3 amide bonds. The summed E-state index contributed by atoms with van der Waals surface area (Å²) in [6.07, 6.45) is 0.239. The molecule has 2 fully saturated rings. The van der Waals surface area contributed by atoms with Gasteiger partial charge in [0, 0.05) is 18.5 Å². The van der Waals surface area contributed by atoms with Crippen LogP contribution < -0.4 is 5.32 Å². The molecule has 1 aliphatic heterocycles. The molecule has 0 spiro atoms. The van der Waals surface area contributed by atoms with E-state index in [9.17, 15) is 14.0 Å². The summed E-state index contributed by atoms with van der Waals surface area (Å²) in [5, 5.41) is 2.75. The van der Waals surface area contributed by atoms with Crippen LogP contribution in [-0.2, 0) is 4.79 Å². The number of hydrogen-bond acceptors (Lipinski definition) is 2. The van der Waals surface area contributed by atoms with Gasteiger partial charge in [0.25, 0.3) is 0 Å². The Morgan fingerprint density at radius 1 is 1.44 bits per heavy atom. The van der Waals surface area contributed by atoms with Gasteiger partial charge in [-0.15, -0.1) is 11.6 Å². The van der Waals surface area contributed by atoms with Crippen molar-refractivity contribution in [2.75, 3.05) is 12.4 Å². The standard InChI is InChI=1S/C10H14ClFN2O2/c11-3-4-14-9(15)7-5-6(12)1-2-8(7)13-10(14)16/h6-8H,1-5H2,(H,13,16). The zero-order valence-corrected chi connectivity index (χ0v) is 9.54. The first-order valence-corrected chi connectivity index (χ1v) is 5.99. The number of rotatable bonds is 2. The Bertz CT molecular complexity index is 313. The Balaban J connectivity index is 2.12. The number of fused-ring (bicyclic) bond motifs is 1. The molecule has 16 heavy (non-hydrogen) atoms. The number of carbonyl (C=O) groups excluding carboxylic acids is 2. The summed E-state index contributed by atoms with van der Waals surface area (Å²) in [5.74, 6) is -0.489. The van der Waals surface area contributed by atoms with Gasteiger partial charge in [0.05, 0.1) is 5.92 Å². The molecule has 4 nitrogen and oxygen atoms in total. The van der Waals surface area contributed by atoms with Crippen LogP contribution in [0.4, 0.5) is 9.18 Å². The molecule has 1 saturated carbocycles. The Kier molecular flexibility index (Phi) is 3.33. The summed E-state index contributed by atoms with van der Waals surface area (Å²) >= 11 is 5.52. The van der Waals surface area contributed by atoms with Gasteiger partial charge in [0.15, 0.2) is 0 Å². The Morgan fingerprint density at radius 3 is 2.88 bits per heavy atom. The second-order valence-corrected chi connectivity index (χ2v) is 4.63. The largest absolute Gasteiger partial charge is 0.334 e. The molecule has 0 aromatic rings. The molecule has 3 unspecified atom stereocenters. The smallest absolute Gasteiger partial charge is 0.324 e. The first kappa shape index (κ1) is 11.6. The third-order valence-corrected chi connectivity index (χ3v) is 3.40. The van der Waals surface area contributed by atoms with Gasteiger partial charge < -0.3 is 5.32 Å². The Morgan fingerprint density at radius 2 is 2.19 bits per heavy atom. The maximum atomic E-state index is 13.2. The minimum absolute atomic E-state index is 0.187. The Hall–Kier alpha value is -0.840. The highest BCUT2D eigenvalue weighted by Gasteiger charge is 2.44. The third kappa shape index (κ3) is 2.00. The molecule has 2 aliphatic rings. The van der Waals surface area contributed by atoms with Gasteiger partial charge in [0.2, 0.25) is 5.91 Å². The van der Waals surface area contributed by atoms with Crippen molar-refractivity contribution in [3.63, 3.8) is 0 Å². The van der Waals surface area contributed by atoms with E-state index in [1.54, 1.807) is 0 Å².